The highest BCUT2D eigenvalue weighted by Gasteiger charge is 2.23. The van der Waals surface area contributed by atoms with Gasteiger partial charge in [-0.05, 0) is 94.7 Å². The normalized spacial score (nSPS) is 17.0. The van der Waals surface area contributed by atoms with E-state index in [1.807, 2.05) is 56.2 Å². The Morgan fingerprint density at radius 3 is 1.70 bits per heavy atom. The molecule has 40 heavy (non-hydrogen) atoms. The van der Waals surface area contributed by atoms with Gasteiger partial charge in [-0.3, -0.25) is 24.2 Å². The molecule has 1 aliphatic heterocycles. The summed E-state index contributed by atoms with van der Waals surface area (Å²) in [5.74, 6) is -0.438. The van der Waals surface area contributed by atoms with Crippen molar-refractivity contribution in [2.45, 2.75) is 72.0 Å². The number of rotatable bonds is 8. The maximum atomic E-state index is 13.4. The number of nitrogens with one attached hydrogen (secondary N) is 1. The SMILES string of the molecule is CC(C)(C)OC(=O)CN1CCNCCN(CC(=O)OC(C)(C)C)CCN(C(=O)CCCc2ccc(I)cc2)CC1. The van der Waals surface area contributed by atoms with Crippen LogP contribution in [-0.4, -0.2) is 109 Å². The van der Waals surface area contributed by atoms with Crippen LogP contribution in [0.15, 0.2) is 24.3 Å². The topological polar surface area (TPSA) is 91.4 Å². The van der Waals surface area contributed by atoms with E-state index in [2.05, 4.69) is 52.2 Å². The fourth-order valence-electron chi connectivity index (χ4n) is 4.39. The minimum atomic E-state index is -0.543. The Morgan fingerprint density at radius 2 is 1.25 bits per heavy atom. The highest BCUT2D eigenvalue weighted by atomic mass is 127. The van der Waals surface area contributed by atoms with Gasteiger partial charge in [-0.1, -0.05) is 12.1 Å². The van der Waals surface area contributed by atoms with Crippen LogP contribution in [0.5, 0.6) is 0 Å². The number of hydrogen-bond acceptors (Lipinski definition) is 8. The Labute approximate surface area is 254 Å². The first-order valence-electron chi connectivity index (χ1n) is 14.3. The molecule has 0 saturated carbocycles. The Morgan fingerprint density at radius 1 is 0.775 bits per heavy atom. The molecule has 0 bridgehead atoms. The largest absolute Gasteiger partial charge is 0.459 e. The Kier molecular flexibility index (Phi) is 14.3. The summed E-state index contributed by atoms with van der Waals surface area (Å²) in [6.45, 7) is 16.4. The zero-order valence-electron chi connectivity index (χ0n) is 25.3. The smallest absolute Gasteiger partial charge is 0.320 e. The first kappa shape index (κ1) is 34.4. The van der Waals surface area contributed by atoms with Crippen LogP contribution < -0.4 is 5.32 Å². The minimum Gasteiger partial charge on any atom is -0.459 e. The van der Waals surface area contributed by atoms with E-state index < -0.39 is 11.2 Å². The average Bonchev–Trinajstić information content (AvgIpc) is 2.81. The molecular weight excluding hydrogens is 623 g/mol. The molecule has 1 heterocycles. The monoisotopic (exact) mass is 672 g/mol. The molecule has 1 aromatic rings. The van der Waals surface area contributed by atoms with Crippen molar-refractivity contribution >= 4 is 40.4 Å². The molecule has 0 spiro atoms. The van der Waals surface area contributed by atoms with Crippen LogP contribution in [0.2, 0.25) is 0 Å². The second kappa shape index (κ2) is 16.6. The molecule has 2 rings (SSSR count). The van der Waals surface area contributed by atoms with E-state index in [0.29, 0.717) is 58.8 Å². The molecule has 0 unspecified atom stereocenters. The number of hydrogen-bond donors (Lipinski definition) is 1. The molecule has 9 nitrogen and oxygen atoms in total. The summed E-state index contributed by atoms with van der Waals surface area (Å²) in [6, 6.07) is 8.39. The quantitative estimate of drug-likeness (QED) is 0.333. The van der Waals surface area contributed by atoms with Crippen LogP contribution in [0.4, 0.5) is 0 Å². The van der Waals surface area contributed by atoms with Crippen molar-refractivity contribution in [3.8, 4) is 0 Å². The maximum absolute atomic E-state index is 13.4. The molecule has 0 atom stereocenters. The number of nitrogens with zero attached hydrogens (tertiary/aromatic N) is 3. The fourth-order valence-corrected chi connectivity index (χ4v) is 4.75. The van der Waals surface area contributed by atoms with Crippen LogP contribution in [0.25, 0.3) is 0 Å². The van der Waals surface area contributed by atoms with Gasteiger partial charge in [0, 0.05) is 62.3 Å². The molecule has 1 aromatic carbocycles. The molecular formula is C30H49IN4O5. The number of carbonyl (C=O) groups is 3. The third-order valence-corrected chi connectivity index (χ3v) is 6.97. The summed E-state index contributed by atoms with van der Waals surface area (Å²) < 4.78 is 12.3. The first-order chi connectivity index (χ1) is 18.7. The lowest BCUT2D eigenvalue weighted by atomic mass is 10.1. The van der Waals surface area contributed by atoms with Crippen LogP contribution in [0, 0.1) is 3.57 Å². The molecule has 0 aromatic heterocycles. The van der Waals surface area contributed by atoms with Crippen LogP contribution >= 0.6 is 22.6 Å². The van der Waals surface area contributed by atoms with Gasteiger partial charge >= 0.3 is 11.9 Å². The predicted octanol–water partition coefficient (Wildman–Crippen LogP) is 3.33. The van der Waals surface area contributed by atoms with Gasteiger partial charge in [0.25, 0.3) is 0 Å². The summed E-state index contributed by atoms with van der Waals surface area (Å²) in [4.78, 5) is 44.5. The number of esters is 2. The minimum absolute atomic E-state index is 0.0927. The third kappa shape index (κ3) is 15.3. The van der Waals surface area contributed by atoms with Crippen molar-refractivity contribution in [2.24, 2.45) is 0 Å². The molecule has 1 amide bonds. The third-order valence-electron chi connectivity index (χ3n) is 6.25. The Hall–Kier alpha value is -1.76. The lowest BCUT2D eigenvalue weighted by molar-refractivity contribution is -0.157. The molecule has 0 radical (unpaired) electrons. The van der Waals surface area contributed by atoms with E-state index in [-0.39, 0.29) is 30.9 Å². The van der Waals surface area contributed by atoms with Crippen LogP contribution in [-0.2, 0) is 30.3 Å². The van der Waals surface area contributed by atoms with Gasteiger partial charge in [0.15, 0.2) is 0 Å². The van der Waals surface area contributed by atoms with Crippen molar-refractivity contribution in [1.82, 2.24) is 20.0 Å². The Bertz CT molecular complexity index is 899. The Balaban J connectivity index is 2.06. The summed E-state index contributed by atoms with van der Waals surface area (Å²) >= 11 is 2.29. The average molecular weight is 673 g/mol. The van der Waals surface area contributed by atoms with Gasteiger partial charge < -0.3 is 19.7 Å². The second-order valence-corrected chi connectivity index (χ2v) is 13.6. The lowest BCUT2D eigenvalue weighted by Gasteiger charge is -2.32. The van der Waals surface area contributed by atoms with Gasteiger partial charge in [-0.15, -0.1) is 0 Å². The lowest BCUT2D eigenvalue weighted by Crippen LogP contribution is -2.48. The van der Waals surface area contributed by atoms with Gasteiger partial charge in [0.05, 0.1) is 13.1 Å². The molecule has 1 fully saturated rings. The summed E-state index contributed by atoms with van der Waals surface area (Å²) in [5.41, 5.74) is 0.137. The molecule has 1 N–H and O–H groups in total. The van der Waals surface area contributed by atoms with E-state index in [9.17, 15) is 14.4 Å². The zero-order valence-corrected chi connectivity index (χ0v) is 27.4. The number of amides is 1. The van der Waals surface area contributed by atoms with Crippen molar-refractivity contribution in [3.63, 3.8) is 0 Å². The molecule has 1 saturated heterocycles. The summed E-state index contributed by atoms with van der Waals surface area (Å²) in [5, 5.41) is 3.42. The number of aryl methyl sites for hydroxylation is 1. The van der Waals surface area contributed by atoms with Gasteiger partial charge in [0.1, 0.15) is 11.2 Å². The standard InChI is InChI=1S/C30H49IN4O5/c1-29(2,3)39-27(37)22-33-16-14-32-15-17-34(23-28(38)40-30(4,5)6)19-21-35(20-18-33)26(36)9-7-8-24-10-12-25(31)13-11-24/h10-13,32H,7-9,14-23H2,1-6H3. The van der Waals surface area contributed by atoms with Crippen molar-refractivity contribution < 1.29 is 23.9 Å². The van der Waals surface area contributed by atoms with Crippen molar-refractivity contribution in [3.05, 3.63) is 33.4 Å². The fraction of sp³-hybridized carbons (Fsp3) is 0.700. The van der Waals surface area contributed by atoms with E-state index in [4.69, 9.17) is 9.47 Å². The second-order valence-electron chi connectivity index (χ2n) is 12.3. The molecule has 0 aliphatic carbocycles. The van der Waals surface area contributed by atoms with Gasteiger partial charge in [-0.25, -0.2) is 0 Å². The molecule has 226 valence electrons. The highest BCUT2D eigenvalue weighted by Crippen LogP contribution is 2.12. The van der Waals surface area contributed by atoms with Crippen LogP contribution in [0.3, 0.4) is 0 Å². The molecule has 1 aliphatic rings. The predicted molar refractivity (Wildman–Crippen MR) is 166 cm³/mol. The van der Waals surface area contributed by atoms with Gasteiger partial charge in [0.2, 0.25) is 5.91 Å². The first-order valence-corrected chi connectivity index (χ1v) is 15.4. The van der Waals surface area contributed by atoms with E-state index in [1.54, 1.807) is 0 Å². The summed E-state index contributed by atoms with van der Waals surface area (Å²) in [6.07, 6.45) is 2.06. The highest BCUT2D eigenvalue weighted by molar-refractivity contribution is 14.1. The number of carbonyl (C=O) groups excluding carboxylic acids is 3. The summed E-state index contributed by atoms with van der Waals surface area (Å²) in [7, 11) is 0. The van der Waals surface area contributed by atoms with Crippen molar-refractivity contribution in [2.75, 3.05) is 65.4 Å². The number of halogens is 1. The van der Waals surface area contributed by atoms with Crippen LogP contribution in [0.1, 0.15) is 59.9 Å². The van der Waals surface area contributed by atoms with Crippen molar-refractivity contribution in [1.29, 1.82) is 0 Å². The zero-order chi connectivity index (χ0) is 29.8. The van der Waals surface area contributed by atoms with E-state index >= 15 is 0 Å². The number of ether oxygens (including phenoxy) is 2. The molecule has 10 heteroatoms. The number of benzene rings is 1. The van der Waals surface area contributed by atoms with E-state index in [1.165, 1.54) is 9.13 Å². The maximum Gasteiger partial charge on any atom is 0.320 e. The van der Waals surface area contributed by atoms with E-state index in [0.717, 1.165) is 12.8 Å². The van der Waals surface area contributed by atoms with Gasteiger partial charge in [-0.2, -0.15) is 0 Å².